The summed E-state index contributed by atoms with van der Waals surface area (Å²) < 4.78 is 38.1. The Bertz CT molecular complexity index is 694. The van der Waals surface area contributed by atoms with E-state index in [1.165, 1.54) is 6.07 Å². The maximum absolute atomic E-state index is 12.7. The fourth-order valence-electron chi connectivity index (χ4n) is 1.74. The van der Waals surface area contributed by atoms with Crippen LogP contribution < -0.4 is 11.1 Å². The lowest BCUT2D eigenvalue weighted by atomic mass is 10.1. The van der Waals surface area contributed by atoms with Gasteiger partial charge in [-0.25, -0.2) is 4.98 Å². The van der Waals surface area contributed by atoms with E-state index in [0.29, 0.717) is 11.3 Å². The first kappa shape index (κ1) is 15.3. The maximum atomic E-state index is 12.7. The Kier molecular flexibility index (Phi) is 3.91. The number of aromatic nitrogens is 1. The van der Waals surface area contributed by atoms with Crippen molar-refractivity contribution in [2.75, 3.05) is 11.1 Å². The normalized spacial score (nSPS) is 11.5. The smallest absolute Gasteiger partial charge is 0.375 e. The summed E-state index contributed by atoms with van der Waals surface area (Å²) in [5.41, 5.74) is 5.77. The monoisotopic (exact) mass is 315 g/mol. The Labute approximate surface area is 122 Å². The van der Waals surface area contributed by atoms with Gasteiger partial charge in [-0.3, -0.25) is 4.79 Å². The van der Waals surface area contributed by atoms with Crippen molar-refractivity contribution in [2.24, 2.45) is 0 Å². The van der Waals surface area contributed by atoms with Gasteiger partial charge in [0.15, 0.2) is 5.13 Å². The molecule has 0 saturated carbocycles. The van der Waals surface area contributed by atoms with Crippen LogP contribution >= 0.6 is 11.3 Å². The molecule has 2 rings (SSSR count). The molecule has 0 fully saturated rings. The average molecular weight is 315 g/mol. The van der Waals surface area contributed by atoms with Gasteiger partial charge >= 0.3 is 6.18 Å². The van der Waals surface area contributed by atoms with Gasteiger partial charge < -0.3 is 11.1 Å². The largest absolute Gasteiger partial charge is 0.416 e. The van der Waals surface area contributed by atoms with Gasteiger partial charge in [0.05, 0.1) is 11.3 Å². The number of nitrogens with zero attached hydrogens (tertiary/aromatic N) is 1. The van der Waals surface area contributed by atoms with Crippen LogP contribution in [0.25, 0.3) is 0 Å². The number of halogens is 3. The van der Waals surface area contributed by atoms with Crippen LogP contribution in [0.4, 0.5) is 24.0 Å². The van der Waals surface area contributed by atoms with Gasteiger partial charge in [-0.2, -0.15) is 13.2 Å². The van der Waals surface area contributed by atoms with Crippen LogP contribution in [-0.4, -0.2) is 10.9 Å². The molecule has 4 nitrogen and oxygen atoms in total. The minimum atomic E-state index is -4.46. The van der Waals surface area contributed by atoms with E-state index in [4.69, 9.17) is 5.73 Å². The summed E-state index contributed by atoms with van der Waals surface area (Å²) >= 11 is 0.990. The summed E-state index contributed by atoms with van der Waals surface area (Å²) in [4.78, 5) is 16.3. The molecule has 0 saturated heterocycles. The Hall–Kier alpha value is -2.09. The number of hydrogen-bond donors (Lipinski definition) is 2. The molecule has 112 valence electrons. The summed E-state index contributed by atoms with van der Waals surface area (Å²) in [6.07, 6.45) is -4.46. The molecule has 8 heteroatoms. The van der Waals surface area contributed by atoms with Crippen molar-refractivity contribution in [3.63, 3.8) is 0 Å². The lowest BCUT2D eigenvalue weighted by Crippen LogP contribution is -2.14. The van der Waals surface area contributed by atoms with Crippen LogP contribution in [0.1, 0.15) is 26.5 Å². The zero-order valence-corrected chi connectivity index (χ0v) is 12.0. The van der Waals surface area contributed by atoms with Crippen molar-refractivity contribution in [1.29, 1.82) is 0 Å². The Morgan fingerprint density at radius 2 is 2.00 bits per heavy atom. The van der Waals surface area contributed by atoms with Gasteiger partial charge in [0, 0.05) is 5.69 Å². The summed E-state index contributed by atoms with van der Waals surface area (Å²) in [7, 11) is 0. The van der Waals surface area contributed by atoms with E-state index in [0.717, 1.165) is 23.5 Å². The second-order valence-corrected chi connectivity index (χ2v) is 5.48. The van der Waals surface area contributed by atoms with Gasteiger partial charge in [0.2, 0.25) is 0 Å². The van der Waals surface area contributed by atoms with Gasteiger partial charge in [-0.15, -0.1) is 0 Å². The number of rotatable bonds is 2. The molecular formula is C13H12F3N3OS. The molecule has 0 aliphatic heterocycles. The van der Waals surface area contributed by atoms with E-state index < -0.39 is 17.6 Å². The molecule has 0 spiro atoms. The van der Waals surface area contributed by atoms with Crippen molar-refractivity contribution in [2.45, 2.75) is 20.0 Å². The number of amides is 1. The molecule has 0 aliphatic carbocycles. The number of anilines is 2. The highest BCUT2D eigenvalue weighted by Crippen LogP contribution is 2.32. The molecule has 1 aromatic heterocycles. The fraction of sp³-hybridized carbons (Fsp3) is 0.231. The predicted octanol–water partition coefficient (Wildman–Crippen LogP) is 3.61. The Morgan fingerprint density at radius 3 is 2.52 bits per heavy atom. The minimum absolute atomic E-state index is 0.112. The third kappa shape index (κ3) is 3.33. The van der Waals surface area contributed by atoms with Gasteiger partial charge in [-0.1, -0.05) is 17.4 Å². The molecule has 3 N–H and O–H groups in total. The molecule has 0 unspecified atom stereocenters. The van der Waals surface area contributed by atoms with Crippen LogP contribution in [-0.2, 0) is 6.18 Å². The van der Waals surface area contributed by atoms with Crippen LogP contribution in [0.2, 0.25) is 0 Å². The number of hydrogen-bond acceptors (Lipinski definition) is 4. The fourth-order valence-corrected chi connectivity index (χ4v) is 2.47. The number of thiazole rings is 1. The van der Waals surface area contributed by atoms with Crippen LogP contribution in [0.3, 0.4) is 0 Å². The lowest BCUT2D eigenvalue weighted by Gasteiger charge is -2.12. The summed E-state index contributed by atoms with van der Waals surface area (Å²) in [6.45, 7) is 3.23. The van der Waals surface area contributed by atoms with E-state index in [1.807, 2.05) is 0 Å². The molecular weight excluding hydrogens is 303 g/mol. The molecule has 21 heavy (non-hydrogen) atoms. The first-order valence-electron chi connectivity index (χ1n) is 5.90. The van der Waals surface area contributed by atoms with E-state index in [2.05, 4.69) is 10.3 Å². The molecule has 1 amide bonds. The number of carbonyl (C=O) groups is 1. The number of carbonyl (C=O) groups excluding carboxylic acids is 1. The molecule has 0 atom stereocenters. The van der Waals surface area contributed by atoms with Crippen molar-refractivity contribution in [1.82, 2.24) is 4.98 Å². The Morgan fingerprint density at radius 1 is 1.33 bits per heavy atom. The van der Waals surface area contributed by atoms with Crippen molar-refractivity contribution in [3.8, 4) is 0 Å². The van der Waals surface area contributed by atoms with Crippen molar-refractivity contribution in [3.05, 3.63) is 39.9 Å². The number of nitrogens with two attached hydrogens (primary N) is 1. The number of aryl methyl sites for hydroxylation is 2. The molecule has 1 heterocycles. The molecule has 0 bridgehead atoms. The highest BCUT2D eigenvalue weighted by molar-refractivity contribution is 7.17. The molecule has 1 aromatic carbocycles. The minimum Gasteiger partial charge on any atom is -0.375 e. The topological polar surface area (TPSA) is 68.0 Å². The zero-order valence-electron chi connectivity index (χ0n) is 11.2. The first-order chi connectivity index (χ1) is 9.68. The predicted molar refractivity (Wildman–Crippen MR) is 75.4 cm³/mol. The van der Waals surface area contributed by atoms with E-state index in [1.54, 1.807) is 13.8 Å². The van der Waals surface area contributed by atoms with Crippen LogP contribution in [0.15, 0.2) is 18.2 Å². The van der Waals surface area contributed by atoms with E-state index >= 15 is 0 Å². The highest BCUT2D eigenvalue weighted by Gasteiger charge is 2.31. The SMILES string of the molecule is Cc1ccc(C(F)(F)F)cc1NC(=O)c1sc(N)nc1C. The van der Waals surface area contributed by atoms with Crippen LogP contribution in [0.5, 0.6) is 0 Å². The van der Waals surface area contributed by atoms with Crippen LogP contribution in [0, 0.1) is 13.8 Å². The Balaban J connectivity index is 2.31. The molecule has 0 radical (unpaired) electrons. The maximum Gasteiger partial charge on any atom is 0.416 e. The molecule has 2 aromatic rings. The summed E-state index contributed by atoms with van der Waals surface area (Å²) in [5.74, 6) is -0.524. The zero-order chi connectivity index (χ0) is 15.8. The summed E-state index contributed by atoms with van der Waals surface area (Å²) in [6, 6.07) is 3.19. The van der Waals surface area contributed by atoms with Gasteiger partial charge in [-0.05, 0) is 31.5 Å². The quantitative estimate of drug-likeness (QED) is 0.889. The van der Waals surface area contributed by atoms with Gasteiger partial charge in [0.25, 0.3) is 5.91 Å². The van der Waals surface area contributed by atoms with E-state index in [9.17, 15) is 18.0 Å². The van der Waals surface area contributed by atoms with Crippen molar-refractivity contribution >= 4 is 28.1 Å². The highest BCUT2D eigenvalue weighted by atomic mass is 32.1. The van der Waals surface area contributed by atoms with E-state index in [-0.39, 0.29) is 15.7 Å². The number of alkyl halides is 3. The number of nitrogen functional groups attached to an aromatic ring is 1. The average Bonchev–Trinajstić information content (AvgIpc) is 2.70. The number of benzene rings is 1. The second-order valence-electron chi connectivity index (χ2n) is 4.45. The third-order valence-electron chi connectivity index (χ3n) is 2.83. The molecule has 0 aliphatic rings. The lowest BCUT2D eigenvalue weighted by molar-refractivity contribution is -0.137. The second kappa shape index (κ2) is 5.36. The van der Waals surface area contributed by atoms with Gasteiger partial charge in [0.1, 0.15) is 4.88 Å². The van der Waals surface area contributed by atoms with Crippen molar-refractivity contribution < 1.29 is 18.0 Å². The summed E-state index contributed by atoms with van der Waals surface area (Å²) in [5, 5.41) is 2.70. The standard InChI is InChI=1S/C13H12F3N3OS/c1-6-3-4-8(13(14,15)16)5-9(6)19-11(20)10-7(2)18-12(17)21-10/h3-5H,1-2H3,(H2,17,18)(H,19,20). The third-order valence-corrected chi connectivity index (χ3v) is 3.82. The first-order valence-corrected chi connectivity index (χ1v) is 6.72. The number of nitrogens with one attached hydrogen (secondary N) is 1.